The lowest BCUT2D eigenvalue weighted by molar-refractivity contribution is -0.137. The Bertz CT molecular complexity index is 529. The van der Waals surface area contributed by atoms with Crippen LogP contribution in [0.15, 0.2) is 12.1 Å². The van der Waals surface area contributed by atoms with Crippen molar-refractivity contribution in [2.24, 2.45) is 5.92 Å². The van der Waals surface area contributed by atoms with E-state index in [-0.39, 0.29) is 28.2 Å². The van der Waals surface area contributed by atoms with E-state index in [0.717, 1.165) is 17.0 Å². The predicted octanol–water partition coefficient (Wildman–Crippen LogP) is 3.71. The third kappa shape index (κ3) is 5.40. The number of anilines is 1. The molecule has 0 unspecified atom stereocenters. The first kappa shape index (κ1) is 17.5. The molecule has 0 aliphatic carbocycles. The van der Waals surface area contributed by atoms with Crippen LogP contribution in [-0.4, -0.2) is 35.1 Å². The summed E-state index contributed by atoms with van der Waals surface area (Å²) >= 11 is 11.6. The summed E-state index contributed by atoms with van der Waals surface area (Å²) in [4.78, 5) is 24.0. The molecule has 0 aromatic heterocycles. The molecule has 0 radical (unpaired) electrons. The number of rotatable bonds is 5. The average molecular weight is 337 g/mol. The highest BCUT2D eigenvalue weighted by Gasteiger charge is 2.20. The Hall–Kier alpha value is -1.53. The third-order valence-electron chi connectivity index (χ3n) is 2.44. The minimum absolute atomic E-state index is 0.0453. The maximum Gasteiger partial charge on any atom is 0.323 e. The van der Waals surface area contributed by atoms with Gasteiger partial charge in [-0.2, -0.15) is 0 Å². The maximum atomic E-state index is 13.1. The molecule has 5 nitrogen and oxygen atoms in total. The van der Waals surface area contributed by atoms with Crippen LogP contribution in [0.3, 0.4) is 0 Å². The summed E-state index contributed by atoms with van der Waals surface area (Å²) in [6.45, 7) is 3.48. The summed E-state index contributed by atoms with van der Waals surface area (Å²) in [7, 11) is 0. The van der Waals surface area contributed by atoms with Crippen molar-refractivity contribution in [1.82, 2.24) is 4.90 Å². The lowest BCUT2D eigenvalue weighted by atomic mass is 10.2. The second-order valence-electron chi connectivity index (χ2n) is 4.84. The average Bonchev–Trinajstić information content (AvgIpc) is 2.31. The molecule has 1 aromatic carbocycles. The second-order valence-corrected chi connectivity index (χ2v) is 5.66. The van der Waals surface area contributed by atoms with Crippen molar-refractivity contribution in [1.29, 1.82) is 0 Å². The minimum atomic E-state index is -1.14. The van der Waals surface area contributed by atoms with Gasteiger partial charge in [-0.15, -0.1) is 0 Å². The zero-order valence-electron chi connectivity index (χ0n) is 11.5. The van der Waals surface area contributed by atoms with E-state index in [2.05, 4.69) is 5.32 Å². The normalized spacial score (nSPS) is 10.6. The van der Waals surface area contributed by atoms with Crippen LogP contribution in [0.25, 0.3) is 0 Å². The Morgan fingerprint density at radius 1 is 1.33 bits per heavy atom. The summed E-state index contributed by atoms with van der Waals surface area (Å²) < 4.78 is 13.1. The van der Waals surface area contributed by atoms with Crippen LogP contribution in [0.5, 0.6) is 0 Å². The number of halogens is 3. The summed E-state index contributed by atoms with van der Waals surface area (Å²) in [6.07, 6.45) is 0. The Morgan fingerprint density at radius 3 is 2.29 bits per heavy atom. The van der Waals surface area contributed by atoms with E-state index in [0.29, 0.717) is 0 Å². The number of nitrogens with zero attached hydrogens (tertiary/aromatic N) is 1. The number of carboxylic acids is 1. The first-order valence-corrected chi connectivity index (χ1v) is 6.88. The largest absolute Gasteiger partial charge is 0.480 e. The zero-order chi connectivity index (χ0) is 16.2. The number of carbonyl (C=O) groups is 2. The summed E-state index contributed by atoms with van der Waals surface area (Å²) in [6, 6.07) is 1.35. The van der Waals surface area contributed by atoms with Gasteiger partial charge in [0.05, 0.1) is 15.7 Å². The van der Waals surface area contributed by atoms with E-state index in [4.69, 9.17) is 28.3 Å². The van der Waals surface area contributed by atoms with Crippen molar-refractivity contribution in [3.8, 4) is 0 Å². The van der Waals surface area contributed by atoms with Gasteiger partial charge in [-0.25, -0.2) is 9.18 Å². The molecule has 0 saturated heterocycles. The monoisotopic (exact) mass is 336 g/mol. The van der Waals surface area contributed by atoms with Gasteiger partial charge in [0, 0.05) is 6.54 Å². The predicted molar refractivity (Wildman–Crippen MR) is 79.5 cm³/mol. The van der Waals surface area contributed by atoms with Crippen LogP contribution in [0.2, 0.25) is 10.0 Å². The van der Waals surface area contributed by atoms with Crippen LogP contribution in [0.1, 0.15) is 13.8 Å². The molecule has 0 aliphatic heterocycles. The zero-order valence-corrected chi connectivity index (χ0v) is 13.0. The molecule has 0 bridgehead atoms. The Morgan fingerprint density at radius 2 is 1.86 bits per heavy atom. The fourth-order valence-electron chi connectivity index (χ4n) is 1.67. The summed E-state index contributed by atoms with van der Waals surface area (Å²) in [5.74, 6) is -1.69. The minimum Gasteiger partial charge on any atom is -0.480 e. The maximum absolute atomic E-state index is 13.1. The van der Waals surface area contributed by atoms with Gasteiger partial charge in [0.15, 0.2) is 0 Å². The van der Waals surface area contributed by atoms with Crippen LogP contribution in [0, 0.1) is 11.7 Å². The summed E-state index contributed by atoms with van der Waals surface area (Å²) in [5.41, 5.74) is 0.0453. The molecule has 1 rings (SSSR count). The van der Waals surface area contributed by atoms with Crippen molar-refractivity contribution in [2.75, 3.05) is 18.4 Å². The smallest absolute Gasteiger partial charge is 0.323 e. The Labute approximate surface area is 131 Å². The standard InChI is InChI=1S/C13H15Cl2FN2O3/c1-7(2)5-18(6-11(19)20)13(21)17-12-9(14)3-8(16)4-10(12)15/h3-4,7H,5-6H2,1-2H3,(H,17,21)(H,19,20). The summed E-state index contributed by atoms with van der Waals surface area (Å²) in [5, 5.41) is 11.1. The fraction of sp³-hybridized carbons (Fsp3) is 0.385. The first-order valence-electron chi connectivity index (χ1n) is 6.13. The number of carbonyl (C=O) groups excluding carboxylic acids is 1. The molecular weight excluding hydrogens is 322 g/mol. The molecule has 116 valence electrons. The van der Waals surface area contributed by atoms with E-state index >= 15 is 0 Å². The number of carboxylic acid groups (broad SMARTS) is 1. The topological polar surface area (TPSA) is 69.6 Å². The van der Waals surface area contributed by atoms with E-state index < -0.39 is 24.4 Å². The molecule has 0 saturated carbocycles. The number of hydrogen-bond donors (Lipinski definition) is 2. The van der Waals surface area contributed by atoms with Gasteiger partial charge in [-0.05, 0) is 18.1 Å². The van der Waals surface area contributed by atoms with Gasteiger partial charge in [-0.3, -0.25) is 4.79 Å². The number of hydrogen-bond acceptors (Lipinski definition) is 2. The van der Waals surface area contributed by atoms with Crippen molar-refractivity contribution in [3.63, 3.8) is 0 Å². The van der Waals surface area contributed by atoms with Crippen LogP contribution in [-0.2, 0) is 4.79 Å². The molecule has 0 heterocycles. The highest BCUT2D eigenvalue weighted by atomic mass is 35.5. The third-order valence-corrected chi connectivity index (χ3v) is 3.03. The van der Waals surface area contributed by atoms with Crippen molar-refractivity contribution < 1.29 is 19.1 Å². The quantitative estimate of drug-likeness (QED) is 0.861. The number of benzene rings is 1. The Balaban J connectivity index is 2.93. The highest BCUT2D eigenvalue weighted by molar-refractivity contribution is 6.39. The molecular formula is C13H15Cl2FN2O3. The van der Waals surface area contributed by atoms with Crippen molar-refractivity contribution in [3.05, 3.63) is 28.0 Å². The first-order chi connectivity index (χ1) is 9.70. The second kappa shape index (κ2) is 7.47. The molecule has 0 spiro atoms. The van der Waals surface area contributed by atoms with Crippen LogP contribution >= 0.6 is 23.2 Å². The molecule has 0 fully saturated rings. The molecule has 2 amide bonds. The van der Waals surface area contributed by atoms with Gasteiger partial charge < -0.3 is 15.3 Å². The molecule has 0 aliphatic rings. The van der Waals surface area contributed by atoms with Crippen molar-refractivity contribution >= 4 is 40.9 Å². The van der Waals surface area contributed by atoms with E-state index in [1.807, 2.05) is 13.8 Å². The van der Waals surface area contributed by atoms with Crippen LogP contribution in [0.4, 0.5) is 14.9 Å². The lowest BCUT2D eigenvalue weighted by Gasteiger charge is -2.23. The molecule has 21 heavy (non-hydrogen) atoms. The number of aliphatic carboxylic acids is 1. The van der Waals surface area contributed by atoms with Gasteiger partial charge in [0.25, 0.3) is 0 Å². The van der Waals surface area contributed by atoms with Gasteiger partial charge >= 0.3 is 12.0 Å². The van der Waals surface area contributed by atoms with Gasteiger partial charge in [0.2, 0.25) is 0 Å². The molecule has 1 aromatic rings. The van der Waals surface area contributed by atoms with E-state index in [1.54, 1.807) is 0 Å². The highest BCUT2D eigenvalue weighted by Crippen LogP contribution is 2.31. The number of urea groups is 1. The van der Waals surface area contributed by atoms with E-state index in [1.165, 1.54) is 0 Å². The molecule has 2 N–H and O–H groups in total. The van der Waals surface area contributed by atoms with E-state index in [9.17, 15) is 14.0 Å². The Kier molecular flexibility index (Phi) is 6.23. The molecule has 0 atom stereocenters. The number of amides is 2. The SMILES string of the molecule is CC(C)CN(CC(=O)O)C(=O)Nc1c(Cl)cc(F)cc1Cl. The van der Waals surface area contributed by atoms with Crippen molar-refractivity contribution in [2.45, 2.75) is 13.8 Å². The van der Waals surface area contributed by atoms with Crippen LogP contribution < -0.4 is 5.32 Å². The van der Waals surface area contributed by atoms with Gasteiger partial charge in [-0.1, -0.05) is 37.0 Å². The fourth-order valence-corrected chi connectivity index (χ4v) is 2.23. The van der Waals surface area contributed by atoms with Gasteiger partial charge in [0.1, 0.15) is 12.4 Å². The molecule has 8 heteroatoms. The lowest BCUT2D eigenvalue weighted by Crippen LogP contribution is -2.41. The number of nitrogens with one attached hydrogen (secondary N) is 1.